The molecule has 0 aliphatic heterocycles. The predicted octanol–water partition coefficient (Wildman–Crippen LogP) is 4.32. The third-order valence-electron chi connectivity index (χ3n) is 5.45. The molecule has 2 atom stereocenters. The highest BCUT2D eigenvalue weighted by Crippen LogP contribution is 2.19. The fourth-order valence-corrected chi connectivity index (χ4v) is 3.20. The summed E-state index contributed by atoms with van der Waals surface area (Å²) in [5.41, 5.74) is 4.22. The Labute approximate surface area is 180 Å². The number of nitrogens with zero attached hydrogens (tertiary/aromatic N) is 1. The van der Waals surface area contributed by atoms with Crippen molar-refractivity contribution in [1.82, 2.24) is 10.2 Å². The van der Waals surface area contributed by atoms with Gasteiger partial charge in [-0.25, -0.2) is 0 Å². The first-order valence-corrected chi connectivity index (χ1v) is 10.6. The summed E-state index contributed by atoms with van der Waals surface area (Å²) < 4.78 is 5.81. The molecule has 1 N–H and O–H groups in total. The maximum atomic E-state index is 13.1. The van der Waals surface area contributed by atoms with Gasteiger partial charge in [0.25, 0.3) is 5.91 Å². The number of carbonyl (C=O) groups excluding carboxylic acids is 2. The van der Waals surface area contributed by atoms with Crippen molar-refractivity contribution in [2.75, 3.05) is 6.61 Å². The zero-order chi connectivity index (χ0) is 22.3. The molecule has 0 bridgehead atoms. The highest BCUT2D eigenvalue weighted by molar-refractivity contribution is 5.88. The van der Waals surface area contributed by atoms with E-state index in [1.54, 1.807) is 11.8 Å². The van der Waals surface area contributed by atoms with Crippen molar-refractivity contribution in [2.24, 2.45) is 0 Å². The number of ether oxygens (including phenoxy) is 1. The number of amides is 2. The van der Waals surface area contributed by atoms with Crippen molar-refractivity contribution in [3.05, 3.63) is 64.7 Å². The summed E-state index contributed by atoms with van der Waals surface area (Å²) in [6.45, 7) is 12.0. The summed E-state index contributed by atoms with van der Waals surface area (Å²) in [4.78, 5) is 27.5. The second-order valence-corrected chi connectivity index (χ2v) is 8.00. The monoisotopic (exact) mass is 410 g/mol. The molecule has 0 spiro atoms. The smallest absolute Gasteiger partial charge is 0.261 e. The maximum absolute atomic E-state index is 13.1. The van der Waals surface area contributed by atoms with Crippen molar-refractivity contribution in [1.29, 1.82) is 0 Å². The third-order valence-corrected chi connectivity index (χ3v) is 5.45. The molecule has 5 nitrogen and oxygen atoms in total. The molecule has 0 saturated heterocycles. The molecule has 0 unspecified atom stereocenters. The lowest BCUT2D eigenvalue weighted by Gasteiger charge is -2.30. The Morgan fingerprint density at radius 1 is 1.03 bits per heavy atom. The van der Waals surface area contributed by atoms with E-state index in [0.717, 1.165) is 28.7 Å². The summed E-state index contributed by atoms with van der Waals surface area (Å²) >= 11 is 0. The van der Waals surface area contributed by atoms with Gasteiger partial charge in [-0.15, -0.1) is 0 Å². The van der Waals surface area contributed by atoms with Gasteiger partial charge in [-0.05, 0) is 63.8 Å². The van der Waals surface area contributed by atoms with Crippen LogP contribution in [0.1, 0.15) is 49.4 Å². The molecule has 2 aromatic rings. The van der Waals surface area contributed by atoms with Crippen molar-refractivity contribution in [3.63, 3.8) is 0 Å². The minimum atomic E-state index is -0.603. The van der Waals surface area contributed by atoms with E-state index in [9.17, 15) is 9.59 Å². The van der Waals surface area contributed by atoms with Crippen LogP contribution in [0, 0.1) is 20.8 Å². The molecule has 2 amide bonds. The number of hydrogen-bond donors (Lipinski definition) is 1. The van der Waals surface area contributed by atoms with E-state index in [1.807, 2.05) is 77.1 Å². The Morgan fingerprint density at radius 2 is 1.73 bits per heavy atom. The van der Waals surface area contributed by atoms with Gasteiger partial charge >= 0.3 is 0 Å². The third kappa shape index (κ3) is 6.34. The predicted molar refractivity (Wildman–Crippen MR) is 120 cm³/mol. The molecule has 0 radical (unpaired) electrons. The van der Waals surface area contributed by atoms with Crippen LogP contribution >= 0.6 is 0 Å². The van der Waals surface area contributed by atoms with Crippen molar-refractivity contribution in [3.8, 4) is 5.75 Å². The van der Waals surface area contributed by atoms with Gasteiger partial charge in [0.2, 0.25) is 5.91 Å². The van der Waals surface area contributed by atoms with Gasteiger partial charge in [0.1, 0.15) is 11.8 Å². The second-order valence-electron chi connectivity index (χ2n) is 8.00. The number of rotatable bonds is 9. The van der Waals surface area contributed by atoms with Crippen LogP contribution in [-0.4, -0.2) is 35.4 Å². The molecule has 162 valence electrons. The van der Waals surface area contributed by atoms with Gasteiger partial charge in [-0.3, -0.25) is 9.59 Å². The van der Waals surface area contributed by atoms with Crippen molar-refractivity contribution in [2.45, 2.75) is 66.6 Å². The maximum Gasteiger partial charge on any atom is 0.261 e. The Hall–Kier alpha value is -2.82. The number of nitrogens with one attached hydrogen (secondary N) is 1. The molecule has 0 aromatic heterocycles. The van der Waals surface area contributed by atoms with E-state index in [4.69, 9.17) is 4.74 Å². The molecule has 0 aliphatic carbocycles. The fourth-order valence-electron chi connectivity index (χ4n) is 3.20. The van der Waals surface area contributed by atoms with Crippen LogP contribution in [0.3, 0.4) is 0 Å². The molecular weight excluding hydrogens is 376 g/mol. The first-order valence-electron chi connectivity index (χ1n) is 10.6. The molecule has 0 heterocycles. The molecule has 2 aromatic carbocycles. The topological polar surface area (TPSA) is 58.6 Å². The highest BCUT2D eigenvalue weighted by atomic mass is 16.5. The molecule has 30 heavy (non-hydrogen) atoms. The van der Waals surface area contributed by atoms with Gasteiger partial charge in [0.05, 0.1) is 0 Å². The van der Waals surface area contributed by atoms with Crippen LogP contribution in [-0.2, 0) is 16.1 Å². The largest absolute Gasteiger partial charge is 0.483 e. The number of hydrogen-bond acceptors (Lipinski definition) is 3. The van der Waals surface area contributed by atoms with E-state index in [1.165, 1.54) is 0 Å². The Kier molecular flexibility index (Phi) is 8.46. The van der Waals surface area contributed by atoms with E-state index in [2.05, 4.69) is 5.32 Å². The van der Waals surface area contributed by atoms with Crippen molar-refractivity contribution >= 4 is 11.8 Å². The van der Waals surface area contributed by atoms with E-state index in [0.29, 0.717) is 12.3 Å². The average Bonchev–Trinajstić information content (AvgIpc) is 2.71. The Balaban J connectivity index is 2.19. The first-order chi connectivity index (χ1) is 14.2. The van der Waals surface area contributed by atoms with Crippen LogP contribution in [0.4, 0.5) is 0 Å². The van der Waals surface area contributed by atoms with Crippen LogP contribution < -0.4 is 10.1 Å². The summed E-state index contributed by atoms with van der Waals surface area (Å²) in [6, 6.07) is 13.2. The molecule has 2 rings (SSSR count). The lowest BCUT2D eigenvalue weighted by molar-refractivity contribution is -0.142. The SMILES string of the molecule is CC[C@H](C)NC(=O)[C@H](C)N(Cc1ccccc1C)C(=O)COc1ccc(C)cc1C. The summed E-state index contributed by atoms with van der Waals surface area (Å²) in [5.74, 6) is 0.310. The van der Waals surface area contributed by atoms with Crippen molar-refractivity contribution < 1.29 is 14.3 Å². The number of carbonyl (C=O) groups is 2. The molecule has 5 heteroatoms. The normalized spacial score (nSPS) is 12.7. The Bertz CT molecular complexity index is 878. The van der Waals surface area contributed by atoms with Gasteiger partial charge in [-0.1, -0.05) is 48.9 Å². The summed E-state index contributed by atoms with van der Waals surface area (Å²) in [5, 5.41) is 2.98. The lowest BCUT2D eigenvalue weighted by Crippen LogP contribution is -2.50. The Morgan fingerprint density at radius 3 is 2.37 bits per heavy atom. The average molecular weight is 411 g/mol. The van der Waals surface area contributed by atoms with Gasteiger partial charge in [0.15, 0.2) is 6.61 Å². The zero-order valence-corrected chi connectivity index (χ0v) is 19.0. The van der Waals surface area contributed by atoms with E-state index < -0.39 is 6.04 Å². The molecule has 0 saturated carbocycles. The van der Waals surface area contributed by atoms with Crippen LogP contribution in [0.15, 0.2) is 42.5 Å². The van der Waals surface area contributed by atoms with Crippen LogP contribution in [0.2, 0.25) is 0 Å². The number of benzene rings is 2. The fraction of sp³-hybridized carbons (Fsp3) is 0.440. The minimum Gasteiger partial charge on any atom is -0.483 e. The minimum absolute atomic E-state index is 0.0572. The van der Waals surface area contributed by atoms with E-state index in [-0.39, 0.29) is 24.5 Å². The van der Waals surface area contributed by atoms with Crippen LogP contribution in [0.25, 0.3) is 0 Å². The van der Waals surface area contributed by atoms with Crippen LogP contribution in [0.5, 0.6) is 5.75 Å². The summed E-state index contributed by atoms with van der Waals surface area (Å²) in [7, 11) is 0. The van der Waals surface area contributed by atoms with Gasteiger partial charge in [0, 0.05) is 12.6 Å². The standard InChI is InChI=1S/C25H34N2O3/c1-7-20(5)26-25(29)21(6)27(15-22-11-9-8-10-18(22)3)24(28)16-30-23-13-12-17(2)14-19(23)4/h8-14,20-21H,7,15-16H2,1-6H3,(H,26,29)/t20-,21-/m0/s1. The first kappa shape index (κ1) is 23.5. The van der Waals surface area contributed by atoms with Gasteiger partial charge < -0.3 is 15.0 Å². The molecular formula is C25H34N2O3. The molecule has 0 fully saturated rings. The van der Waals surface area contributed by atoms with Gasteiger partial charge in [-0.2, -0.15) is 0 Å². The highest BCUT2D eigenvalue weighted by Gasteiger charge is 2.27. The zero-order valence-electron chi connectivity index (χ0n) is 19.0. The summed E-state index contributed by atoms with van der Waals surface area (Å²) in [6.07, 6.45) is 0.833. The lowest BCUT2D eigenvalue weighted by atomic mass is 10.1. The second kappa shape index (κ2) is 10.8. The molecule has 0 aliphatic rings. The number of aryl methyl sites for hydroxylation is 3. The quantitative estimate of drug-likeness (QED) is 0.670. The van der Waals surface area contributed by atoms with E-state index >= 15 is 0 Å².